The molecule has 0 amide bonds. The Labute approximate surface area is 74.4 Å². The first-order valence-electron chi connectivity index (χ1n) is 4.86. The minimum absolute atomic E-state index is 0.833. The number of rotatable bonds is 0. The summed E-state index contributed by atoms with van der Waals surface area (Å²) < 4.78 is 10.8. The van der Waals surface area contributed by atoms with Crippen molar-refractivity contribution in [3.8, 4) is 0 Å². The van der Waals surface area contributed by atoms with Crippen LogP contribution in [0.2, 0.25) is 0 Å². The van der Waals surface area contributed by atoms with E-state index in [2.05, 4.69) is 5.32 Å². The molecule has 0 aliphatic carbocycles. The molecular formula is C9H19NO2. The van der Waals surface area contributed by atoms with Gasteiger partial charge in [-0.15, -0.1) is 0 Å². The second-order valence-corrected chi connectivity index (χ2v) is 3.04. The van der Waals surface area contributed by atoms with Gasteiger partial charge in [0.1, 0.15) is 0 Å². The SMILES string of the molecule is C1CCOCCNCCOCC1. The fraction of sp³-hybridized carbons (Fsp3) is 1.00. The van der Waals surface area contributed by atoms with E-state index < -0.39 is 0 Å². The lowest BCUT2D eigenvalue weighted by Gasteiger charge is -2.09. The summed E-state index contributed by atoms with van der Waals surface area (Å²) >= 11 is 0. The lowest BCUT2D eigenvalue weighted by molar-refractivity contribution is 0.103. The summed E-state index contributed by atoms with van der Waals surface area (Å²) in [6.45, 7) is 5.37. The molecule has 0 spiro atoms. The van der Waals surface area contributed by atoms with Gasteiger partial charge in [0.2, 0.25) is 0 Å². The molecule has 1 rings (SSSR count). The third kappa shape index (κ3) is 5.52. The molecule has 12 heavy (non-hydrogen) atoms. The number of nitrogens with one attached hydrogen (secondary N) is 1. The van der Waals surface area contributed by atoms with Gasteiger partial charge in [0, 0.05) is 26.3 Å². The first kappa shape index (κ1) is 9.96. The van der Waals surface area contributed by atoms with Gasteiger partial charge in [-0.1, -0.05) is 0 Å². The molecular weight excluding hydrogens is 154 g/mol. The molecule has 0 aromatic heterocycles. The van der Waals surface area contributed by atoms with Crippen molar-refractivity contribution in [2.24, 2.45) is 0 Å². The lowest BCUT2D eigenvalue weighted by Crippen LogP contribution is -2.24. The highest BCUT2D eigenvalue weighted by atomic mass is 16.5. The number of hydrogen-bond acceptors (Lipinski definition) is 3. The Balaban J connectivity index is 2.00. The van der Waals surface area contributed by atoms with E-state index in [0.29, 0.717) is 0 Å². The molecule has 1 N–H and O–H groups in total. The fourth-order valence-electron chi connectivity index (χ4n) is 1.20. The summed E-state index contributed by atoms with van der Waals surface area (Å²) in [7, 11) is 0. The topological polar surface area (TPSA) is 30.5 Å². The van der Waals surface area contributed by atoms with Crippen molar-refractivity contribution in [2.45, 2.75) is 19.3 Å². The van der Waals surface area contributed by atoms with Gasteiger partial charge in [-0.25, -0.2) is 0 Å². The van der Waals surface area contributed by atoms with Crippen LogP contribution in [-0.2, 0) is 9.47 Å². The molecule has 0 radical (unpaired) electrons. The highest BCUT2D eigenvalue weighted by molar-refractivity contribution is 4.48. The monoisotopic (exact) mass is 173 g/mol. The van der Waals surface area contributed by atoms with Gasteiger partial charge >= 0.3 is 0 Å². The normalized spacial score (nSPS) is 24.0. The van der Waals surface area contributed by atoms with Crippen LogP contribution in [0, 0.1) is 0 Å². The van der Waals surface area contributed by atoms with E-state index in [-0.39, 0.29) is 0 Å². The molecule has 0 aromatic rings. The van der Waals surface area contributed by atoms with Crippen molar-refractivity contribution in [2.75, 3.05) is 39.5 Å². The molecule has 0 atom stereocenters. The molecule has 1 aliphatic rings. The van der Waals surface area contributed by atoms with E-state index in [1.807, 2.05) is 0 Å². The quantitative estimate of drug-likeness (QED) is 0.587. The zero-order valence-electron chi connectivity index (χ0n) is 7.68. The van der Waals surface area contributed by atoms with Crippen molar-refractivity contribution < 1.29 is 9.47 Å². The van der Waals surface area contributed by atoms with Gasteiger partial charge in [0.05, 0.1) is 13.2 Å². The van der Waals surface area contributed by atoms with Gasteiger partial charge in [-0.2, -0.15) is 0 Å². The van der Waals surface area contributed by atoms with E-state index in [0.717, 1.165) is 39.5 Å². The zero-order valence-corrected chi connectivity index (χ0v) is 7.68. The summed E-state index contributed by atoms with van der Waals surface area (Å²) in [6.07, 6.45) is 3.57. The molecule has 0 bridgehead atoms. The van der Waals surface area contributed by atoms with Crippen molar-refractivity contribution in [3.05, 3.63) is 0 Å². The van der Waals surface area contributed by atoms with Crippen LogP contribution in [0.4, 0.5) is 0 Å². The van der Waals surface area contributed by atoms with Crippen LogP contribution < -0.4 is 5.32 Å². The lowest BCUT2D eigenvalue weighted by atomic mass is 10.2. The number of hydrogen-bond donors (Lipinski definition) is 1. The van der Waals surface area contributed by atoms with Gasteiger partial charge in [-0.05, 0) is 19.3 Å². The van der Waals surface area contributed by atoms with Crippen LogP contribution in [0.1, 0.15) is 19.3 Å². The predicted octanol–water partition coefficient (Wildman–Crippen LogP) is 0.793. The third-order valence-corrected chi connectivity index (χ3v) is 1.92. The van der Waals surface area contributed by atoms with Crippen LogP contribution in [0.25, 0.3) is 0 Å². The van der Waals surface area contributed by atoms with Crippen molar-refractivity contribution in [1.82, 2.24) is 5.32 Å². The molecule has 1 heterocycles. The Hall–Kier alpha value is -0.120. The van der Waals surface area contributed by atoms with Crippen LogP contribution >= 0.6 is 0 Å². The highest BCUT2D eigenvalue weighted by Gasteiger charge is 1.94. The predicted molar refractivity (Wildman–Crippen MR) is 48.4 cm³/mol. The van der Waals surface area contributed by atoms with Crippen molar-refractivity contribution >= 4 is 0 Å². The van der Waals surface area contributed by atoms with Gasteiger partial charge in [-0.3, -0.25) is 0 Å². The van der Waals surface area contributed by atoms with E-state index in [1.54, 1.807) is 0 Å². The summed E-state index contributed by atoms with van der Waals surface area (Å²) in [5.41, 5.74) is 0. The summed E-state index contributed by atoms with van der Waals surface area (Å²) in [5.74, 6) is 0. The van der Waals surface area contributed by atoms with Crippen LogP contribution in [0.3, 0.4) is 0 Å². The minimum atomic E-state index is 0.833. The second kappa shape index (κ2) is 7.53. The molecule has 3 heteroatoms. The highest BCUT2D eigenvalue weighted by Crippen LogP contribution is 1.96. The van der Waals surface area contributed by atoms with E-state index >= 15 is 0 Å². The molecule has 0 aromatic carbocycles. The van der Waals surface area contributed by atoms with Crippen LogP contribution in [-0.4, -0.2) is 39.5 Å². The van der Waals surface area contributed by atoms with E-state index in [1.165, 1.54) is 19.3 Å². The Morgan fingerprint density at radius 2 is 1.25 bits per heavy atom. The first-order chi connectivity index (χ1) is 6.00. The maximum Gasteiger partial charge on any atom is 0.0590 e. The third-order valence-electron chi connectivity index (χ3n) is 1.92. The standard InChI is InChI=1S/C9H19NO2/c1-2-6-11-8-4-10-5-9-12-7-3-1/h10H,1-9H2. The van der Waals surface area contributed by atoms with Crippen LogP contribution in [0.5, 0.6) is 0 Å². The molecule has 72 valence electrons. The molecule has 3 nitrogen and oxygen atoms in total. The summed E-state index contributed by atoms with van der Waals surface area (Å²) in [5, 5.41) is 3.25. The molecule has 1 saturated heterocycles. The first-order valence-corrected chi connectivity index (χ1v) is 4.86. The molecule has 1 aliphatic heterocycles. The Morgan fingerprint density at radius 1 is 0.667 bits per heavy atom. The maximum atomic E-state index is 5.40. The smallest absolute Gasteiger partial charge is 0.0590 e. The molecule has 1 fully saturated rings. The zero-order chi connectivity index (χ0) is 8.49. The van der Waals surface area contributed by atoms with E-state index in [9.17, 15) is 0 Å². The Bertz CT molecular complexity index is 55.5. The Morgan fingerprint density at radius 3 is 1.83 bits per heavy atom. The van der Waals surface area contributed by atoms with Gasteiger partial charge < -0.3 is 14.8 Å². The second-order valence-electron chi connectivity index (χ2n) is 3.04. The van der Waals surface area contributed by atoms with Gasteiger partial charge in [0.15, 0.2) is 0 Å². The maximum absolute atomic E-state index is 5.40. The van der Waals surface area contributed by atoms with Crippen LogP contribution in [0.15, 0.2) is 0 Å². The molecule has 0 unspecified atom stereocenters. The Kier molecular flexibility index (Phi) is 6.25. The largest absolute Gasteiger partial charge is 0.380 e. The number of ether oxygens (including phenoxy) is 2. The van der Waals surface area contributed by atoms with E-state index in [4.69, 9.17) is 9.47 Å². The van der Waals surface area contributed by atoms with Crippen molar-refractivity contribution in [3.63, 3.8) is 0 Å². The molecule has 0 saturated carbocycles. The minimum Gasteiger partial charge on any atom is -0.380 e. The summed E-state index contributed by atoms with van der Waals surface area (Å²) in [4.78, 5) is 0. The van der Waals surface area contributed by atoms with Crippen molar-refractivity contribution in [1.29, 1.82) is 0 Å². The fourth-order valence-corrected chi connectivity index (χ4v) is 1.20. The average Bonchev–Trinajstić information content (AvgIpc) is 2.05. The summed E-state index contributed by atoms with van der Waals surface area (Å²) in [6, 6.07) is 0. The van der Waals surface area contributed by atoms with Gasteiger partial charge in [0.25, 0.3) is 0 Å². The average molecular weight is 173 g/mol.